The maximum Gasteiger partial charge on any atom is 0.314 e. The molecule has 0 saturated heterocycles. The Morgan fingerprint density at radius 1 is 0.682 bits per heavy atom. The van der Waals surface area contributed by atoms with Crippen molar-refractivity contribution in [3.8, 4) is 0 Å². The molecule has 114 valence electrons. The van der Waals surface area contributed by atoms with Crippen molar-refractivity contribution in [1.82, 2.24) is 0 Å². The van der Waals surface area contributed by atoms with Gasteiger partial charge < -0.3 is 10.6 Å². The minimum absolute atomic E-state index is 0.654. The molecular weight excluding hydrogens is 276 g/mol. The van der Waals surface area contributed by atoms with Gasteiger partial charge in [0.15, 0.2) is 0 Å². The fraction of sp³-hybridized carbons (Fsp3) is 0.222. The highest BCUT2D eigenvalue weighted by Crippen LogP contribution is 2.19. The van der Waals surface area contributed by atoms with E-state index in [0.717, 1.165) is 22.3 Å². The molecule has 0 aliphatic carbocycles. The van der Waals surface area contributed by atoms with Crippen LogP contribution in [0.15, 0.2) is 36.4 Å². The van der Waals surface area contributed by atoms with E-state index in [-0.39, 0.29) is 0 Å². The Bertz CT molecular complexity index is 672. The number of benzene rings is 2. The monoisotopic (exact) mass is 296 g/mol. The molecule has 0 atom stereocenters. The van der Waals surface area contributed by atoms with E-state index >= 15 is 0 Å². The summed E-state index contributed by atoms with van der Waals surface area (Å²) < 4.78 is 0. The Morgan fingerprint density at radius 2 is 1.05 bits per heavy atom. The lowest BCUT2D eigenvalue weighted by Gasteiger charge is -2.12. The van der Waals surface area contributed by atoms with Gasteiger partial charge in [-0.05, 0) is 62.1 Å². The van der Waals surface area contributed by atoms with Gasteiger partial charge in [0, 0.05) is 11.4 Å². The third-order valence-electron chi connectivity index (χ3n) is 3.91. The molecule has 2 rings (SSSR count). The first-order chi connectivity index (χ1) is 10.4. The molecule has 0 bridgehead atoms. The Kier molecular flexibility index (Phi) is 4.61. The van der Waals surface area contributed by atoms with Crippen molar-refractivity contribution in [3.05, 3.63) is 58.7 Å². The molecule has 22 heavy (non-hydrogen) atoms. The summed E-state index contributed by atoms with van der Waals surface area (Å²) in [5, 5.41) is 5.31. The molecule has 0 aliphatic heterocycles. The zero-order valence-corrected chi connectivity index (χ0v) is 13.3. The van der Waals surface area contributed by atoms with Gasteiger partial charge in [-0.25, -0.2) is 0 Å². The average Bonchev–Trinajstić information content (AvgIpc) is 2.48. The smallest absolute Gasteiger partial charge is 0.314 e. The van der Waals surface area contributed by atoms with Gasteiger partial charge in [0.25, 0.3) is 0 Å². The highest BCUT2D eigenvalue weighted by Gasteiger charge is 2.16. The molecule has 0 radical (unpaired) electrons. The van der Waals surface area contributed by atoms with E-state index in [1.165, 1.54) is 0 Å². The van der Waals surface area contributed by atoms with E-state index in [9.17, 15) is 9.59 Å². The Balaban J connectivity index is 2.11. The number of aryl methyl sites for hydroxylation is 2. The third-order valence-corrected chi connectivity index (χ3v) is 3.91. The van der Waals surface area contributed by atoms with Crippen LogP contribution in [0.2, 0.25) is 0 Å². The average molecular weight is 296 g/mol. The fourth-order valence-electron chi connectivity index (χ4n) is 2.13. The van der Waals surface area contributed by atoms with Crippen LogP contribution in [0.5, 0.6) is 0 Å². The topological polar surface area (TPSA) is 58.2 Å². The maximum absolute atomic E-state index is 12.1. The van der Waals surface area contributed by atoms with Gasteiger partial charge in [-0.2, -0.15) is 0 Å². The van der Waals surface area contributed by atoms with Crippen molar-refractivity contribution >= 4 is 23.2 Å². The predicted molar refractivity (Wildman–Crippen MR) is 89.1 cm³/mol. The van der Waals surface area contributed by atoms with Crippen molar-refractivity contribution in [3.63, 3.8) is 0 Å². The normalized spacial score (nSPS) is 10.2. The summed E-state index contributed by atoms with van der Waals surface area (Å²) >= 11 is 0. The van der Waals surface area contributed by atoms with E-state index in [4.69, 9.17) is 0 Å². The maximum atomic E-state index is 12.1. The SMILES string of the molecule is Cc1cccc(NC(=O)C(=O)Nc2cccc(C)c2C)c1C. The molecule has 0 heterocycles. The number of hydrogen-bond acceptors (Lipinski definition) is 2. The van der Waals surface area contributed by atoms with Crippen LogP contribution in [-0.4, -0.2) is 11.8 Å². The number of hydrogen-bond donors (Lipinski definition) is 2. The van der Waals surface area contributed by atoms with E-state index in [1.807, 2.05) is 52.0 Å². The van der Waals surface area contributed by atoms with Crippen molar-refractivity contribution in [2.45, 2.75) is 27.7 Å². The quantitative estimate of drug-likeness (QED) is 0.833. The molecule has 4 heteroatoms. The highest BCUT2D eigenvalue weighted by atomic mass is 16.2. The van der Waals surface area contributed by atoms with Gasteiger partial charge in [-0.1, -0.05) is 24.3 Å². The number of nitrogens with one attached hydrogen (secondary N) is 2. The van der Waals surface area contributed by atoms with E-state index in [0.29, 0.717) is 11.4 Å². The lowest BCUT2D eigenvalue weighted by Crippen LogP contribution is -2.29. The number of carbonyl (C=O) groups excluding carboxylic acids is 2. The first kappa shape index (κ1) is 15.8. The number of carbonyl (C=O) groups is 2. The van der Waals surface area contributed by atoms with Crippen LogP contribution < -0.4 is 10.6 Å². The second-order valence-corrected chi connectivity index (χ2v) is 5.40. The van der Waals surface area contributed by atoms with Gasteiger partial charge >= 0.3 is 11.8 Å². The van der Waals surface area contributed by atoms with Gasteiger partial charge in [0.1, 0.15) is 0 Å². The van der Waals surface area contributed by atoms with Crippen molar-refractivity contribution < 1.29 is 9.59 Å². The fourth-order valence-corrected chi connectivity index (χ4v) is 2.13. The zero-order valence-electron chi connectivity index (χ0n) is 13.3. The molecule has 0 saturated carbocycles. The van der Waals surface area contributed by atoms with E-state index in [1.54, 1.807) is 12.1 Å². The Hall–Kier alpha value is -2.62. The lowest BCUT2D eigenvalue weighted by atomic mass is 10.1. The van der Waals surface area contributed by atoms with Crippen LogP contribution in [0.3, 0.4) is 0 Å². The van der Waals surface area contributed by atoms with Crippen LogP contribution in [0.25, 0.3) is 0 Å². The van der Waals surface area contributed by atoms with Gasteiger partial charge in [-0.3, -0.25) is 9.59 Å². The van der Waals surface area contributed by atoms with Crippen LogP contribution in [-0.2, 0) is 9.59 Å². The van der Waals surface area contributed by atoms with Crippen molar-refractivity contribution in [2.75, 3.05) is 10.6 Å². The Morgan fingerprint density at radius 3 is 1.41 bits per heavy atom. The molecule has 2 N–H and O–H groups in total. The van der Waals surface area contributed by atoms with E-state index in [2.05, 4.69) is 10.6 Å². The molecule has 2 amide bonds. The second-order valence-electron chi connectivity index (χ2n) is 5.40. The summed E-state index contributed by atoms with van der Waals surface area (Å²) in [6.45, 7) is 7.74. The van der Waals surface area contributed by atoms with Gasteiger partial charge in [0.05, 0.1) is 0 Å². The van der Waals surface area contributed by atoms with Crippen molar-refractivity contribution in [1.29, 1.82) is 0 Å². The molecule has 2 aromatic rings. The molecule has 0 aliphatic rings. The van der Waals surface area contributed by atoms with Gasteiger partial charge in [-0.15, -0.1) is 0 Å². The minimum atomic E-state index is -0.672. The molecule has 4 nitrogen and oxygen atoms in total. The molecule has 0 spiro atoms. The molecule has 0 aromatic heterocycles. The number of amides is 2. The summed E-state index contributed by atoms with van der Waals surface area (Å²) in [7, 11) is 0. The highest BCUT2D eigenvalue weighted by molar-refractivity contribution is 6.43. The van der Waals surface area contributed by atoms with Crippen LogP contribution in [0.4, 0.5) is 11.4 Å². The molecular formula is C18H20N2O2. The molecule has 2 aromatic carbocycles. The summed E-state index contributed by atoms with van der Waals surface area (Å²) in [5.74, 6) is -1.34. The summed E-state index contributed by atoms with van der Waals surface area (Å²) in [6.07, 6.45) is 0. The molecule has 0 unspecified atom stereocenters. The second kappa shape index (κ2) is 6.43. The van der Waals surface area contributed by atoms with Crippen LogP contribution >= 0.6 is 0 Å². The summed E-state index contributed by atoms with van der Waals surface area (Å²) in [4.78, 5) is 24.1. The largest absolute Gasteiger partial charge is 0.318 e. The number of rotatable bonds is 2. The van der Waals surface area contributed by atoms with Crippen molar-refractivity contribution in [2.24, 2.45) is 0 Å². The predicted octanol–water partition coefficient (Wildman–Crippen LogP) is 3.50. The van der Waals surface area contributed by atoms with Crippen LogP contribution in [0, 0.1) is 27.7 Å². The first-order valence-electron chi connectivity index (χ1n) is 7.15. The summed E-state index contributed by atoms with van der Waals surface area (Å²) in [6, 6.07) is 11.2. The van der Waals surface area contributed by atoms with Gasteiger partial charge in [0.2, 0.25) is 0 Å². The standard InChI is InChI=1S/C18H20N2O2/c1-11-7-5-9-15(13(11)3)19-17(21)18(22)20-16-10-6-8-12(2)14(16)4/h5-10H,1-4H3,(H,19,21)(H,20,22). The molecule has 0 fully saturated rings. The summed E-state index contributed by atoms with van der Waals surface area (Å²) in [5.41, 5.74) is 5.34. The lowest BCUT2D eigenvalue weighted by molar-refractivity contribution is -0.133. The van der Waals surface area contributed by atoms with Crippen LogP contribution in [0.1, 0.15) is 22.3 Å². The third kappa shape index (κ3) is 3.34. The zero-order chi connectivity index (χ0) is 16.3. The number of anilines is 2. The minimum Gasteiger partial charge on any atom is -0.318 e. The first-order valence-corrected chi connectivity index (χ1v) is 7.15. The van der Waals surface area contributed by atoms with E-state index < -0.39 is 11.8 Å². The Labute approximate surface area is 130 Å².